The van der Waals surface area contributed by atoms with Crippen molar-refractivity contribution in [2.45, 2.75) is 45.1 Å². The summed E-state index contributed by atoms with van der Waals surface area (Å²) < 4.78 is 5.92. The van der Waals surface area contributed by atoms with Crippen molar-refractivity contribution in [3.8, 4) is 5.75 Å². The van der Waals surface area contributed by atoms with E-state index in [1.54, 1.807) is 6.92 Å². The lowest BCUT2D eigenvalue weighted by Gasteiger charge is -2.23. The third kappa shape index (κ3) is 3.22. The lowest BCUT2D eigenvalue weighted by molar-refractivity contribution is 0.155. The van der Waals surface area contributed by atoms with E-state index >= 15 is 0 Å². The number of benzene rings is 1. The lowest BCUT2D eigenvalue weighted by Crippen LogP contribution is -2.19. The molecule has 3 nitrogen and oxygen atoms in total. The Morgan fingerprint density at radius 2 is 1.82 bits per heavy atom. The second-order valence-corrected chi connectivity index (χ2v) is 4.59. The van der Waals surface area contributed by atoms with Crippen LogP contribution >= 0.6 is 0 Å². The maximum atomic E-state index is 8.68. The Morgan fingerprint density at radius 3 is 2.41 bits per heavy atom. The molecule has 1 aliphatic carbocycles. The van der Waals surface area contributed by atoms with Crippen LogP contribution in [0.5, 0.6) is 5.75 Å². The molecule has 0 aromatic heterocycles. The highest BCUT2D eigenvalue weighted by molar-refractivity contribution is 5.98. The molecule has 3 heteroatoms. The second kappa shape index (κ2) is 5.71. The summed E-state index contributed by atoms with van der Waals surface area (Å²) in [6, 6.07) is 7.73. The van der Waals surface area contributed by atoms with Crippen LogP contribution in [0.2, 0.25) is 0 Å². The molecule has 1 N–H and O–H groups in total. The Labute approximate surface area is 102 Å². The highest BCUT2D eigenvalue weighted by Crippen LogP contribution is 2.23. The van der Waals surface area contributed by atoms with Crippen LogP contribution in [-0.2, 0) is 0 Å². The number of oxime groups is 1. The summed E-state index contributed by atoms with van der Waals surface area (Å²) in [6.07, 6.45) is 6.60. The fourth-order valence-corrected chi connectivity index (χ4v) is 2.21. The van der Waals surface area contributed by atoms with Crippen LogP contribution in [0.3, 0.4) is 0 Å². The number of nitrogens with zero attached hydrogens (tertiary/aromatic N) is 1. The van der Waals surface area contributed by atoms with Gasteiger partial charge in [0, 0.05) is 0 Å². The fraction of sp³-hybridized carbons (Fsp3) is 0.500. The molecule has 2 rings (SSSR count). The smallest absolute Gasteiger partial charge is 0.119 e. The Hall–Kier alpha value is -1.51. The van der Waals surface area contributed by atoms with E-state index in [0.29, 0.717) is 11.8 Å². The van der Waals surface area contributed by atoms with E-state index in [-0.39, 0.29) is 0 Å². The van der Waals surface area contributed by atoms with Crippen molar-refractivity contribution in [3.63, 3.8) is 0 Å². The van der Waals surface area contributed by atoms with Crippen molar-refractivity contribution in [1.82, 2.24) is 0 Å². The average molecular weight is 233 g/mol. The fourth-order valence-electron chi connectivity index (χ4n) is 2.21. The minimum Gasteiger partial charge on any atom is -0.490 e. The molecule has 0 radical (unpaired) electrons. The molecule has 0 saturated heterocycles. The Balaban J connectivity index is 1.97. The highest BCUT2D eigenvalue weighted by atomic mass is 16.5. The predicted octanol–water partition coefficient (Wildman–Crippen LogP) is 3.60. The first-order valence-electron chi connectivity index (χ1n) is 6.25. The van der Waals surface area contributed by atoms with Crippen LogP contribution in [0.1, 0.15) is 44.6 Å². The van der Waals surface area contributed by atoms with Gasteiger partial charge >= 0.3 is 0 Å². The zero-order chi connectivity index (χ0) is 12.1. The normalized spacial score (nSPS) is 18.1. The molecular formula is C14H19NO2. The summed E-state index contributed by atoms with van der Waals surface area (Å²) in [4.78, 5) is 0. The summed E-state index contributed by atoms with van der Waals surface area (Å²) in [5, 5.41) is 11.9. The van der Waals surface area contributed by atoms with E-state index in [9.17, 15) is 0 Å². The summed E-state index contributed by atoms with van der Waals surface area (Å²) in [7, 11) is 0. The minimum atomic E-state index is 0.377. The lowest BCUT2D eigenvalue weighted by atomic mass is 9.98. The van der Waals surface area contributed by atoms with E-state index < -0.39 is 0 Å². The summed E-state index contributed by atoms with van der Waals surface area (Å²) in [5.74, 6) is 0.909. The largest absolute Gasteiger partial charge is 0.490 e. The number of rotatable bonds is 3. The van der Waals surface area contributed by atoms with Gasteiger partial charge < -0.3 is 9.94 Å². The van der Waals surface area contributed by atoms with Gasteiger partial charge in [0.15, 0.2) is 0 Å². The third-order valence-corrected chi connectivity index (χ3v) is 3.28. The Morgan fingerprint density at radius 1 is 1.18 bits per heavy atom. The van der Waals surface area contributed by atoms with Gasteiger partial charge in [-0.05, 0) is 62.4 Å². The molecule has 0 bridgehead atoms. The molecule has 1 aliphatic rings. The number of ether oxygens (including phenoxy) is 1. The van der Waals surface area contributed by atoms with Gasteiger partial charge in [0.2, 0.25) is 0 Å². The molecule has 0 unspecified atom stereocenters. The molecule has 0 heterocycles. The van der Waals surface area contributed by atoms with Gasteiger partial charge in [0.25, 0.3) is 0 Å². The van der Waals surface area contributed by atoms with Gasteiger partial charge in [-0.1, -0.05) is 11.6 Å². The van der Waals surface area contributed by atoms with Crippen LogP contribution in [0.25, 0.3) is 0 Å². The topological polar surface area (TPSA) is 41.8 Å². The first-order valence-corrected chi connectivity index (χ1v) is 6.25. The number of hydrogen-bond donors (Lipinski definition) is 1. The SMILES string of the molecule is CC(=NO)c1ccc(OC2CCCCC2)cc1. The van der Waals surface area contributed by atoms with Crippen LogP contribution in [0.15, 0.2) is 29.4 Å². The average Bonchev–Trinajstić information content (AvgIpc) is 2.40. The van der Waals surface area contributed by atoms with E-state index in [0.717, 1.165) is 11.3 Å². The molecule has 0 aliphatic heterocycles. The molecule has 1 fully saturated rings. The van der Waals surface area contributed by atoms with Gasteiger partial charge in [0.1, 0.15) is 5.75 Å². The summed E-state index contributed by atoms with van der Waals surface area (Å²) in [5.41, 5.74) is 1.54. The molecule has 1 aromatic rings. The second-order valence-electron chi connectivity index (χ2n) is 4.59. The predicted molar refractivity (Wildman–Crippen MR) is 67.9 cm³/mol. The molecule has 1 saturated carbocycles. The zero-order valence-corrected chi connectivity index (χ0v) is 10.2. The van der Waals surface area contributed by atoms with Crippen molar-refractivity contribution >= 4 is 5.71 Å². The van der Waals surface area contributed by atoms with Gasteiger partial charge in [0.05, 0.1) is 11.8 Å². The van der Waals surface area contributed by atoms with Gasteiger partial charge in [-0.2, -0.15) is 0 Å². The molecule has 0 atom stereocenters. The molecule has 1 aromatic carbocycles. The standard InChI is InChI=1S/C14H19NO2/c1-11(15-16)12-7-9-14(10-8-12)17-13-5-3-2-4-6-13/h7-10,13,16H,2-6H2,1H3. The molecule has 17 heavy (non-hydrogen) atoms. The highest BCUT2D eigenvalue weighted by Gasteiger charge is 2.14. The maximum absolute atomic E-state index is 8.68. The summed E-state index contributed by atoms with van der Waals surface area (Å²) >= 11 is 0. The quantitative estimate of drug-likeness (QED) is 0.492. The van der Waals surface area contributed by atoms with E-state index in [4.69, 9.17) is 9.94 Å². The molecule has 92 valence electrons. The molecular weight excluding hydrogens is 214 g/mol. The third-order valence-electron chi connectivity index (χ3n) is 3.28. The van der Waals surface area contributed by atoms with Crippen LogP contribution in [0.4, 0.5) is 0 Å². The van der Waals surface area contributed by atoms with E-state index in [2.05, 4.69) is 5.16 Å². The first-order chi connectivity index (χ1) is 8.29. The van der Waals surface area contributed by atoms with Crippen molar-refractivity contribution in [2.24, 2.45) is 5.16 Å². The van der Waals surface area contributed by atoms with Crippen molar-refractivity contribution in [2.75, 3.05) is 0 Å². The van der Waals surface area contributed by atoms with E-state index in [1.165, 1.54) is 32.1 Å². The Bertz CT molecular complexity index is 378. The van der Waals surface area contributed by atoms with Gasteiger partial charge in [-0.15, -0.1) is 0 Å². The maximum Gasteiger partial charge on any atom is 0.119 e. The van der Waals surface area contributed by atoms with Crippen molar-refractivity contribution < 1.29 is 9.94 Å². The van der Waals surface area contributed by atoms with Gasteiger partial charge in [-0.3, -0.25) is 0 Å². The van der Waals surface area contributed by atoms with Crippen LogP contribution < -0.4 is 4.74 Å². The summed E-state index contributed by atoms with van der Waals surface area (Å²) in [6.45, 7) is 1.77. The van der Waals surface area contributed by atoms with Gasteiger partial charge in [-0.25, -0.2) is 0 Å². The zero-order valence-electron chi connectivity index (χ0n) is 10.2. The van der Waals surface area contributed by atoms with Crippen LogP contribution in [-0.4, -0.2) is 17.0 Å². The first kappa shape index (κ1) is 12.0. The Kier molecular flexibility index (Phi) is 4.02. The molecule has 0 amide bonds. The van der Waals surface area contributed by atoms with Crippen LogP contribution in [0, 0.1) is 0 Å². The monoisotopic (exact) mass is 233 g/mol. The molecule has 0 spiro atoms. The van der Waals surface area contributed by atoms with Crippen molar-refractivity contribution in [1.29, 1.82) is 0 Å². The van der Waals surface area contributed by atoms with E-state index in [1.807, 2.05) is 24.3 Å². The van der Waals surface area contributed by atoms with Crippen molar-refractivity contribution in [3.05, 3.63) is 29.8 Å². The number of hydrogen-bond acceptors (Lipinski definition) is 3. The minimum absolute atomic E-state index is 0.377.